The summed E-state index contributed by atoms with van der Waals surface area (Å²) in [5.41, 5.74) is 2.59. The highest BCUT2D eigenvalue weighted by Gasteiger charge is 2.36. The van der Waals surface area contributed by atoms with E-state index in [4.69, 9.17) is 4.74 Å². The molecule has 1 aliphatic rings. The van der Waals surface area contributed by atoms with Gasteiger partial charge in [-0.15, -0.1) is 11.8 Å². The predicted molar refractivity (Wildman–Crippen MR) is 103 cm³/mol. The lowest BCUT2D eigenvalue weighted by Gasteiger charge is -2.26. The van der Waals surface area contributed by atoms with Crippen LogP contribution in [0.5, 0.6) is 0 Å². The second-order valence-corrected chi connectivity index (χ2v) is 8.32. The molecule has 0 N–H and O–H groups in total. The van der Waals surface area contributed by atoms with E-state index in [-0.39, 0.29) is 0 Å². The van der Waals surface area contributed by atoms with Crippen LogP contribution >= 0.6 is 11.8 Å². The summed E-state index contributed by atoms with van der Waals surface area (Å²) in [6, 6.07) is 18.0. The molecule has 0 fully saturated rings. The van der Waals surface area contributed by atoms with E-state index in [1.807, 2.05) is 51.1 Å². The van der Waals surface area contributed by atoms with Crippen LogP contribution in [-0.2, 0) is 17.0 Å². The maximum Gasteiger partial charge on any atom is 0.411 e. The second kappa shape index (κ2) is 7.43. The van der Waals surface area contributed by atoms with Crippen molar-refractivity contribution in [2.45, 2.75) is 49.6 Å². The van der Waals surface area contributed by atoms with E-state index in [0.29, 0.717) is 6.54 Å². The summed E-state index contributed by atoms with van der Waals surface area (Å²) in [5, 5.41) is 9.55. The fourth-order valence-corrected chi connectivity index (χ4v) is 3.80. The Kier molecular flexibility index (Phi) is 5.24. The van der Waals surface area contributed by atoms with Crippen LogP contribution < -0.4 is 0 Å². The Balaban J connectivity index is 1.74. The lowest BCUT2D eigenvalue weighted by molar-refractivity contribution is 0.0213. The molecule has 26 heavy (non-hydrogen) atoms. The summed E-state index contributed by atoms with van der Waals surface area (Å²) >= 11 is 1.75. The normalized spacial score (nSPS) is 16.1. The standard InChI is InChI=1S/C21H22N2O2S/c1-21(2,3)25-20(24)23-13-16-11-17(9-10-18(16)19(23)12-22)26-14-15-7-5-4-6-8-15/h4-11,19H,13-14H2,1-3H3. The lowest BCUT2D eigenvalue weighted by atomic mass is 10.1. The summed E-state index contributed by atoms with van der Waals surface area (Å²) < 4.78 is 5.45. The minimum Gasteiger partial charge on any atom is -0.444 e. The van der Waals surface area contributed by atoms with E-state index in [9.17, 15) is 10.1 Å². The summed E-state index contributed by atoms with van der Waals surface area (Å²) in [4.78, 5) is 15.1. The van der Waals surface area contributed by atoms with Gasteiger partial charge in [-0.3, -0.25) is 4.90 Å². The van der Waals surface area contributed by atoms with Gasteiger partial charge < -0.3 is 4.74 Å². The van der Waals surface area contributed by atoms with Crippen LogP contribution in [0.15, 0.2) is 53.4 Å². The van der Waals surface area contributed by atoms with Gasteiger partial charge in [-0.1, -0.05) is 36.4 Å². The number of rotatable bonds is 3. The molecule has 1 atom stereocenters. The number of amides is 1. The van der Waals surface area contributed by atoms with E-state index in [1.54, 1.807) is 11.8 Å². The smallest absolute Gasteiger partial charge is 0.411 e. The SMILES string of the molecule is CC(C)(C)OC(=O)N1Cc2cc(SCc3ccccc3)ccc2C1C#N. The average Bonchev–Trinajstić information content (AvgIpc) is 2.97. The number of ether oxygens (including phenoxy) is 1. The van der Waals surface area contributed by atoms with E-state index in [1.165, 1.54) is 10.5 Å². The van der Waals surface area contributed by atoms with Gasteiger partial charge in [0.2, 0.25) is 0 Å². The van der Waals surface area contributed by atoms with Crippen molar-refractivity contribution in [3.8, 4) is 6.07 Å². The Morgan fingerprint density at radius 3 is 2.65 bits per heavy atom. The molecule has 4 nitrogen and oxygen atoms in total. The fourth-order valence-electron chi connectivity index (χ4n) is 2.89. The highest BCUT2D eigenvalue weighted by molar-refractivity contribution is 7.98. The molecular weight excluding hydrogens is 344 g/mol. The second-order valence-electron chi connectivity index (χ2n) is 7.27. The molecule has 1 unspecified atom stereocenters. The quantitative estimate of drug-likeness (QED) is 0.692. The molecule has 2 aromatic carbocycles. The van der Waals surface area contributed by atoms with Crippen molar-refractivity contribution in [3.63, 3.8) is 0 Å². The molecular formula is C21H22N2O2S. The highest BCUT2D eigenvalue weighted by Crippen LogP contribution is 2.37. The zero-order chi connectivity index (χ0) is 18.7. The molecule has 0 bridgehead atoms. The van der Waals surface area contributed by atoms with Crippen LogP contribution in [0.1, 0.15) is 43.5 Å². The fraction of sp³-hybridized carbons (Fsp3) is 0.333. The van der Waals surface area contributed by atoms with Crippen molar-refractivity contribution in [1.82, 2.24) is 4.90 Å². The molecule has 0 aromatic heterocycles. The highest BCUT2D eigenvalue weighted by atomic mass is 32.2. The predicted octanol–water partition coefficient (Wildman–Crippen LogP) is 5.29. The molecule has 0 aliphatic carbocycles. The van der Waals surface area contributed by atoms with Crippen molar-refractivity contribution < 1.29 is 9.53 Å². The van der Waals surface area contributed by atoms with Crippen LogP contribution in [-0.4, -0.2) is 16.6 Å². The number of nitriles is 1. The van der Waals surface area contributed by atoms with Crippen LogP contribution in [0.2, 0.25) is 0 Å². The first kappa shape index (κ1) is 18.3. The number of hydrogen-bond donors (Lipinski definition) is 0. The number of carbonyl (C=O) groups excluding carboxylic acids is 1. The van der Waals surface area contributed by atoms with E-state index in [0.717, 1.165) is 21.8 Å². The maximum atomic E-state index is 12.4. The van der Waals surface area contributed by atoms with Crippen molar-refractivity contribution in [3.05, 3.63) is 65.2 Å². The van der Waals surface area contributed by atoms with Gasteiger partial charge in [0.15, 0.2) is 0 Å². The van der Waals surface area contributed by atoms with E-state index >= 15 is 0 Å². The summed E-state index contributed by atoms with van der Waals surface area (Å²) in [6.07, 6.45) is -0.446. The molecule has 0 saturated heterocycles. The van der Waals surface area contributed by atoms with Crippen molar-refractivity contribution in [1.29, 1.82) is 5.26 Å². The summed E-state index contributed by atoms with van der Waals surface area (Å²) in [6.45, 7) is 5.89. The Labute approximate surface area is 158 Å². The van der Waals surface area contributed by atoms with Gasteiger partial charge in [0.05, 0.1) is 12.6 Å². The van der Waals surface area contributed by atoms with Gasteiger partial charge in [0.25, 0.3) is 0 Å². The third kappa shape index (κ3) is 4.20. The zero-order valence-electron chi connectivity index (χ0n) is 15.2. The summed E-state index contributed by atoms with van der Waals surface area (Å²) in [5.74, 6) is 0.886. The molecule has 0 spiro atoms. The van der Waals surface area contributed by atoms with E-state index in [2.05, 4.69) is 24.3 Å². The largest absolute Gasteiger partial charge is 0.444 e. The van der Waals surface area contributed by atoms with Gasteiger partial charge in [0, 0.05) is 10.6 Å². The number of thioether (sulfide) groups is 1. The molecule has 1 heterocycles. The molecule has 0 radical (unpaired) electrons. The minimum absolute atomic E-state index is 0.405. The Bertz CT molecular complexity index is 837. The van der Waals surface area contributed by atoms with Gasteiger partial charge >= 0.3 is 6.09 Å². The lowest BCUT2D eigenvalue weighted by Crippen LogP contribution is -2.35. The maximum absolute atomic E-state index is 12.4. The number of benzene rings is 2. The van der Waals surface area contributed by atoms with Crippen LogP contribution in [0.4, 0.5) is 4.79 Å². The third-order valence-electron chi connectivity index (χ3n) is 4.06. The van der Waals surface area contributed by atoms with Crippen LogP contribution in [0.3, 0.4) is 0 Å². The number of hydrogen-bond acceptors (Lipinski definition) is 4. The molecule has 1 amide bonds. The molecule has 0 saturated carbocycles. The number of nitrogens with zero attached hydrogens (tertiary/aromatic N) is 2. The van der Waals surface area contributed by atoms with Crippen molar-refractivity contribution in [2.24, 2.45) is 0 Å². The molecule has 3 rings (SSSR count). The average molecular weight is 366 g/mol. The molecule has 1 aliphatic heterocycles. The Morgan fingerprint density at radius 2 is 2.00 bits per heavy atom. The third-order valence-corrected chi connectivity index (χ3v) is 5.12. The first-order valence-corrected chi connectivity index (χ1v) is 9.55. The molecule has 134 valence electrons. The number of carbonyl (C=O) groups is 1. The number of fused-ring (bicyclic) bond motifs is 1. The van der Waals surface area contributed by atoms with E-state index < -0.39 is 17.7 Å². The summed E-state index contributed by atoms with van der Waals surface area (Å²) in [7, 11) is 0. The van der Waals surface area contributed by atoms with Crippen LogP contribution in [0.25, 0.3) is 0 Å². The molecule has 5 heteroatoms. The Hall–Kier alpha value is -2.45. The molecule has 2 aromatic rings. The first-order chi connectivity index (χ1) is 12.4. The topological polar surface area (TPSA) is 53.3 Å². The monoisotopic (exact) mass is 366 g/mol. The zero-order valence-corrected chi connectivity index (χ0v) is 16.0. The van der Waals surface area contributed by atoms with Gasteiger partial charge in [-0.2, -0.15) is 5.26 Å². The van der Waals surface area contributed by atoms with Gasteiger partial charge in [-0.05, 0) is 49.6 Å². The van der Waals surface area contributed by atoms with Gasteiger partial charge in [0.1, 0.15) is 11.6 Å². The Morgan fingerprint density at radius 1 is 1.27 bits per heavy atom. The minimum atomic E-state index is -0.590. The first-order valence-electron chi connectivity index (χ1n) is 8.56. The van der Waals surface area contributed by atoms with Crippen molar-refractivity contribution in [2.75, 3.05) is 0 Å². The van der Waals surface area contributed by atoms with Crippen LogP contribution in [0, 0.1) is 11.3 Å². The van der Waals surface area contributed by atoms with Crippen molar-refractivity contribution >= 4 is 17.9 Å². The van der Waals surface area contributed by atoms with Gasteiger partial charge in [-0.25, -0.2) is 4.79 Å².